The molecule has 1 aromatic carbocycles. The van der Waals surface area contributed by atoms with Gasteiger partial charge in [-0.3, -0.25) is 9.69 Å². The first-order chi connectivity index (χ1) is 13.6. The van der Waals surface area contributed by atoms with E-state index in [2.05, 4.69) is 0 Å². The van der Waals surface area contributed by atoms with Gasteiger partial charge in [0.05, 0.1) is 17.7 Å². The van der Waals surface area contributed by atoms with Crippen LogP contribution in [0.2, 0.25) is 0 Å². The van der Waals surface area contributed by atoms with E-state index in [4.69, 9.17) is 21.4 Å². The molecule has 28 heavy (non-hydrogen) atoms. The molecule has 0 aliphatic carbocycles. The number of benzene rings is 1. The number of carbonyl (C=O) groups is 2. The molecule has 3 heterocycles. The third kappa shape index (κ3) is 4.09. The Bertz CT molecular complexity index is 1040. The molecule has 0 bridgehead atoms. The van der Waals surface area contributed by atoms with Gasteiger partial charge in [0, 0.05) is 0 Å². The van der Waals surface area contributed by atoms with Crippen molar-refractivity contribution in [3.8, 4) is 5.75 Å². The number of hydrogen-bond acceptors (Lipinski definition) is 7. The van der Waals surface area contributed by atoms with Crippen molar-refractivity contribution in [3.63, 3.8) is 0 Å². The lowest BCUT2D eigenvalue weighted by molar-refractivity contribution is -0.122. The van der Waals surface area contributed by atoms with Crippen LogP contribution in [0, 0.1) is 0 Å². The van der Waals surface area contributed by atoms with E-state index in [1.807, 2.05) is 5.38 Å². The van der Waals surface area contributed by atoms with Gasteiger partial charge in [-0.1, -0.05) is 42.2 Å². The Morgan fingerprint density at radius 1 is 1.18 bits per heavy atom. The predicted molar refractivity (Wildman–Crippen MR) is 113 cm³/mol. The number of amides is 1. The molecule has 0 atom stereocenters. The van der Waals surface area contributed by atoms with Crippen LogP contribution in [0.25, 0.3) is 6.08 Å². The van der Waals surface area contributed by atoms with Crippen LogP contribution in [0.3, 0.4) is 0 Å². The molecule has 2 aromatic heterocycles. The molecular formula is C20H13NO4S3. The van der Waals surface area contributed by atoms with Gasteiger partial charge in [0.2, 0.25) is 0 Å². The molecule has 1 aliphatic rings. The minimum Gasteiger partial charge on any atom is -0.467 e. The summed E-state index contributed by atoms with van der Waals surface area (Å²) in [5, 5.41) is 1.82. The van der Waals surface area contributed by atoms with Crippen molar-refractivity contribution in [1.82, 2.24) is 4.90 Å². The lowest BCUT2D eigenvalue weighted by atomic mass is 10.2. The highest BCUT2D eigenvalue weighted by molar-refractivity contribution is 8.26. The molecule has 5 nitrogen and oxygen atoms in total. The fourth-order valence-corrected chi connectivity index (χ4v) is 4.38. The largest absolute Gasteiger partial charge is 0.467 e. The fourth-order valence-electron chi connectivity index (χ4n) is 2.53. The van der Waals surface area contributed by atoms with Crippen molar-refractivity contribution >= 4 is 57.6 Å². The molecule has 1 aliphatic heterocycles. The molecule has 1 saturated heterocycles. The van der Waals surface area contributed by atoms with Crippen LogP contribution in [0.4, 0.5) is 0 Å². The average Bonchev–Trinajstić information content (AvgIpc) is 3.44. The van der Waals surface area contributed by atoms with Crippen LogP contribution in [0.15, 0.2) is 69.5 Å². The minimum absolute atomic E-state index is 0.153. The summed E-state index contributed by atoms with van der Waals surface area (Å²) in [6.45, 7) is 0.312. The first kappa shape index (κ1) is 18.7. The lowest BCUT2D eigenvalue weighted by Crippen LogP contribution is -2.27. The number of rotatable bonds is 5. The van der Waals surface area contributed by atoms with Crippen LogP contribution in [-0.4, -0.2) is 21.1 Å². The number of ether oxygens (including phenoxy) is 1. The second-order valence-electron chi connectivity index (χ2n) is 5.78. The molecule has 0 saturated carbocycles. The Hall–Kier alpha value is -2.68. The molecule has 0 spiro atoms. The number of thiocarbonyl (C=S) groups is 1. The molecule has 0 N–H and O–H groups in total. The van der Waals surface area contributed by atoms with Crippen LogP contribution in [0.5, 0.6) is 5.75 Å². The molecule has 140 valence electrons. The summed E-state index contributed by atoms with van der Waals surface area (Å²) < 4.78 is 11.1. The Kier molecular flexibility index (Phi) is 5.43. The maximum Gasteiger partial charge on any atom is 0.353 e. The zero-order valence-electron chi connectivity index (χ0n) is 14.4. The standard InChI is InChI=1S/C20H13NO4S3/c22-18-17(28-20(26)21(18)12-15-3-1-9-24-15)11-13-5-7-14(8-6-13)25-19(23)16-4-2-10-27-16/h1-11H,12H2. The highest BCUT2D eigenvalue weighted by Crippen LogP contribution is 2.33. The summed E-state index contributed by atoms with van der Waals surface area (Å²) in [4.78, 5) is 27.2. The maximum atomic E-state index is 12.6. The van der Waals surface area contributed by atoms with Crippen LogP contribution in [0.1, 0.15) is 21.0 Å². The van der Waals surface area contributed by atoms with E-state index in [-0.39, 0.29) is 11.9 Å². The van der Waals surface area contributed by atoms with Gasteiger partial charge >= 0.3 is 5.97 Å². The van der Waals surface area contributed by atoms with Gasteiger partial charge in [-0.05, 0) is 47.4 Å². The predicted octanol–water partition coefficient (Wildman–Crippen LogP) is 4.96. The lowest BCUT2D eigenvalue weighted by Gasteiger charge is -2.11. The Balaban J connectivity index is 1.44. The van der Waals surface area contributed by atoms with Gasteiger partial charge in [-0.25, -0.2) is 4.79 Å². The van der Waals surface area contributed by atoms with Crippen molar-refractivity contribution in [2.45, 2.75) is 6.54 Å². The molecule has 0 unspecified atom stereocenters. The number of esters is 1. The molecule has 0 radical (unpaired) electrons. The number of furan rings is 1. The van der Waals surface area contributed by atoms with Gasteiger partial charge in [0.1, 0.15) is 20.7 Å². The van der Waals surface area contributed by atoms with Gasteiger partial charge in [0.25, 0.3) is 5.91 Å². The van der Waals surface area contributed by atoms with Gasteiger partial charge in [-0.2, -0.15) is 0 Å². The number of hydrogen-bond donors (Lipinski definition) is 0. The Morgan fingerprint density at radius 3 is 2.68 bits per heavy atom. The third-order valence-corrected chi connectivity index (χ3v) is 6.11. The fraction of sp³-hybridized carbons (Fsp3) is 0.0500. The first-order valence-electron chi connectivity index (χ1n) is 8.23. The summed E-state index contributed by atoms with van der Waals surface area (Å²) in [5.74, 6) is 0.580. The van der Waals surface area contributed by atoms with Gasteiger partial charge < -0.3 is 9.15 Å². The Labute approximate surface area is 174 Å². The normalized spacial score (nSPS) is 15.4. The molecule has 8 heteroatoms. The summed E-state index contributed by atoms with van der Waals surface area (Å²) in [7, 11) is 0. The van der Waals surface area contributed by atoms with E-state index in [1.54, 1.807) is 60.9 Å². The van der Waals surface area contributed by atoms with E-state index in [0.717, 1.165) is 5.56 Å². The maximum absolute atomic E-state index is 12.6. The topological polar surface area (TPSA) is 59.8 Å². The second-order valence-corrected chi connectivity index (χ2v) is 8.41. The SMILES string of the molecule is O=C(Oc1ccc(C=C2SC(=S)N(Cc3ccco3)C2=O)cc1)c1cccs1. The highest BCUT2D eigenvalue weighted by Gasteiger charge is 2.32. The van der Waals surface area contributed by atoms with Gasteiger partial charge in [0.15, 0.2) is 0 Å². The molecule has 1 amide bonds. The third-order valence-electron chi connectivity index (χ3n) is 3.88. The van der Waals surface area contributed by atoms with E-state index in [9.17, 15) is 9.59 Å². The van der Waals surface area contributed by atoms with Crippen molar-refractivity contribution in [3.05, 3.63) is 81.3 Å². The van der Waals surface area contributed by atoms with Gasteiger partial charge in [-0.15, -0.1) is 11.3 Å². The molecule has 4 rings (SSSR count). The number of thiophene rings is 1. The monoisotopic (exact) mass is 427 g/mol. The average molecular weight is 428 g/mol. The van der Waals surface area contributed by atoms with Crippen molar-refractivity contribution in [2.24, 2.45) is 0 Å². The van der Waals surface area contributed by atoms with Crippen LogP contribution in [-0.2, 0) is 11.3 Å². The number of thioether (sulfide) groups is 1. The highest BCUT2D eigenvalue weighted by atomic mass is 32.2. The summed E-state index contributed by atoms with van der Waals surface area (Å²) in [6, 6.07) is 14.1. The van der Waals surface area contributed by atoms with Crippen LogP contribution >= 0.6 is 35.3 Å². The van der Waals surface area contributed by atoms with E-state index in [1.165, 1.54) is 28.0 Å². The summed E-state index contributed by atoms with van der Waals surface area (Å²) in [5.41, 5.74) is 0.814. The number of carbonyl (C=O) groups excluding carboxylic acids is 2. The Morgan fingerprint density at radius 2 is 2.00 bits per heavy atom. The van der Waals surface area contributed by atoms with Crippen molar-refractivity contribution in [1.29, 1.82) is 0 Å². The quantitative estimate of drug-likeness (QED) is 0.248. The smallest absolute Gasteiger partial charge is 0.353 e. The second kappa shape index (κ2) is 8.14. The summed E-state index contributed by atoms with van der Waals surface area (Å²) in [6.07, 6.45) is 3.34. The summed E-state index contributed by atoms with van der Waals surface area (Å²) >= 11 is 7.90. The molecular weight excluding hydrogens is 414 g/mol. The van der Waals surface area contributed by atoms with Crippen molar-refractivity contribution in [2.75, 3.05) is 0 Å². The van der Waals surface area contributed by atoms with E-state index < -0.39 is 0 Å². The van der Waals surface area contributed by atoms with Crippen LogP contribution < -0.4 is 4.74 Å². The molecule has 3 aromatic rings. The molecule has 1 fully saturated rings. The number of nitrogens with zero attached hydrogens (tertiary/aromatic N) is 1. The van der Waals surface area contributed by atoms with E-state index >= 15 is 0 Å². The minimum atomic E-state index is -0.387. The van der Waals surface area contributed by atoms with E-state index in [0.29, 0.717) is 32.2 Å². The zero-order valence-corrected chi connectivity index (χ0v) is 16.8. The van der Waals surface area contributed by atoms with Crippen molar-refractivity contribution < 1.29 is 18.7 Å². The zero-order chi connectivity index (χ0) is 19.5. The first-order valence-corrected chi connectivity index (χ1v) is 10.3.